The van der Waals surface area contributed by atoms with Crippen LogP contribution in [0.25, 0.3) is 0 Å². The van der Waals surface area contributed by atoms with Crippen LogP contribution in [0.2, 0.25) is 0 Å². The lowest BCUT2D eigenvalue weighted by atomic mass is 10.2. The van der Waals surface area contributed by atoms with Gasteiger partial charge in [0.15, 0.2) is 0 Å². The number of carboxylic acid groups (broad SMARTS) is 1. The topological polar surface area (TPSA) is 49.3 Å². The van der Waals surface area contributed by atoms with Crippen molar-refractivity contribution in [1.82, 2.24) is 5.32 Å². The summed E-state index contributed by atoms with van der Waals surface area (Å²) < 4.78 is 0. The Morgan fingerprint density at radius 1 is 1.38 bits per heavy atom. The van der Waals surface area contributed by atoms with Gasteiger partial charge < -0.3 is 10.4 Å². The Labute approximate surface area is 79.8 Å². The van der Waals surface area contributed by atoms with Gasteiger partial charge in [0.05, 0.1) is 5.57 Å². The summed E-state index contributed by atoms with van der Waals surface area (Å²) in [5.74, 6) is -0.833. The van der Waals surface area contributed by atoms with E-state index >= 15 is 0 Å². The zero-order valence-electron chi connectivity index (χ0n) is 8.68. The van der Waals surface area contributed by atoms with Crippen molar-refractivity contribution in [3.8, 4) is 0 Å². The van der Waals surface area contributed by atoms with Gasteiger partial charge >= 0.3 is 5.97 Å². The highest BCUT2D eigenvalue weighted by Crippen LogP contribution is 2.05. The number of hydrogen-bond acceptors (Lipinski definition) is 2. The first-order valence-electron chi connectivity index (χ1n) is 4.80. The molecule has 0 spiro atoms. The van der Waals surface area contributed by atoms with E-state index in [0.29, 0.717) is 5.57 Å². The normalized spacial score (nSPS) is 12.2. The van der Waals surface area contributed by atoms with Crippen LogP contribution in [0.1, 0.15) is 40.0 Å². The van der Waals surface area contributed by atoms with Crippen LogP contribution in [0.5, 0.6) is 0 Å². The summed E-state index contributed by atoms with van der Waals surface area (Å²) in [5, 5.41) is 11.9. The highest BCUT2D eigenvalue weighted by molar-refractivity contribution is 5.86. The van der Waals surface area contributed by atoms with Gasteiger partial charge in [0.2, 0.25) is 0 Å². The lowest BCUT2D eigenvalue weighted by Crippen LogP contribution is -2.18. The maximum atomic E-state index is 10.6. The number of unbranched alkanes of at least 4 members (excludes halogenated alkanes) is 1. The molecule has 0 aromatic heterocycles. The molecule has 0 unspecified atom stereocenters. The second-order valence-electron chi connectivity index (χ2n) is 3.04. The van der Waals surface area contributed by atoms with Crippen molar-refractivity contribution in [2.24, 2.45) is 0 Å². The first-order valence-corrected chi connectivity index (χ1v) is 4.80. The Kier molecular flexibility index (Phi) is 6.02. The monoisotopic (exact) mass is 185 g/mol. The molecule has 0 heterocycles. The lowest BCUT2D eigenvalue weighted by molar-refractivity contribution is -0.132. The molecule has 3 heteroatoms. The fraction of sp³-hybridized carbons (Fsp3) is 0.700. The van der Waals surface area contributed by atoms with E-state index in [1.165, 1.54) is 0 Å². The maximum Gasteiger partial charge on any atom is 0.333 e. The van der Waals surface area contributed by atoms with Gasteiger partial charge in [-0.25, -0.2) is 4.79 Å². The van der Waals surface area contributed by atoms with Crippen molar-refractivity contribution < 1.29 is 9.90 Å². The minimum Gasteiger partial charge on any atom is -0.478 e. The molecule has 0 saturated heterocycles. The van der Waals surface area contributed by atoms with E-state index in [-0.39, 0.29) is 0 Å². The molecule has 0 saturated carbocycles. The molecule has 0 aliphatic rings. The van der Waals surface area contributed by atoms with E-state index in [4.69, 9.17) is 5.11 Å². The average Bonchev–Trinajstić information content (AvgIpc) is 2.11. The molecule has 0 bridgehead atoms. The summed E-state index contributed by atoms with van der Waals surface area (Å²) >= 11 is 0. The molecule has 0 radical (unpaired) electrons. The van der Waals surface area contributed by atoms with E-state index in [9.17, 15) is 4.79 Å². The molecule has 3 nitrogen and oxygen atoms in total. The first kappa shape index (κ1) is 12.0. The quantitative estimate of drug-likeness (QED) is 0.492. The highest BCUT2D eigenvalue weighted by atomic mass is 16.4. The third kappa shape index (κ3) is 4.55. The van der Waals surface area contributed by atoms with Gasteiger partial charge in [-0.05, 0) is 19.8 Å². The molecule has 0 amide bonds. The Morgan fingerprint density at radius 3 is 2.38 bits per heavy atom. The van der Waals surface area contributed by atoms with E-state index in [1.807, 2.05) is 6.92 Å². The van der Waals surface area contributed by atoms with Crippen LogP contribution < -0.4 is 5.32 Å². The molecule has 0 rings (SSSR count). The number of carboxylic acids is 1. The fourth-order valence-corrected chi connectivity index (χ4v) is 1.07. The van der Waals surface area contributed by atoms with Crippen molar-refractivity contribution in [2.45, 2.75) is 40.0 Å². The van der Waals surface area contributed by atoms with Gasteiger partial charge in [-0.15, -0.1) is 0 Å². The molecule has 0 aromatic rings. The third-order valence-corrected chi connectivity index (χ3v) is 2.00. The molecule has 0 aliphatic carbocycles. The summed E-state index contributed by atoms with van der Waals surface area (Å²) in [5.41, 5.74) is 1.28. The molecule has 0 fully saturated rings. The van der Waals surface area contributed by atoms with Crippen LogP contribution >= 0.6 is 0 Å². The van der Waals surface area contributed by atoms with E-state index in [1.54, 1.807) is 6.92 Å². The van der Waals surface area contributed by atoms with Crippen LogP contribution in [-0.2, 0) is 4.79 Å². The standard InChI is InChI=1S/C10H19NO2/c1-4-6-7-11-9(5-2)8(3)10(12)13/h11H,4-7H2,1-3H3,(H,12,13). The fourth-order valence-electron chi connectivity index (χ4n) is 1.07. The minimum absolute atomic E-state index is 0.429. The molecule has 0 aliphatic heterocycles. The Hall–Kier alpha value is -0.990. The van der Waals surface area contributed by atoms with Crippen molar-refractivity contribution in [2.75, 3.05) is 6.54 Å². The largest absolute Gasteiger partial charge is 0.478 e. The lowest BCUT2D eigenvalue weighted by Gasteiger charge is -2.10. The van der Waals surface area contributed by atoms with E-state index in [2.05, 4.69) is 12.2 Å². The predicted molar refractivity (Wildman–Crippen MR) is 53.5 cm³/mol. The van der Waals surface area contributed by atoms with Crippen LogP contribution in [-0.4, -0.2) is 17.6 Å². The third-order valence-electron chi connectivity index (χ3n) is 2.00. The summed E-state index contributed by atoms with van der Waals surface area (Å²) in [4.78, 5) is 10.6. The van der Waals surface area contributed by atoms with Gasteiger partial charge in [-0.1, -0.05) is 20.3 Å². The predicted octanol–water partition coefficient (Wildman–Crippen LogP) is 2.14. The number of carbonyl (C=O) groups is 1. The van der Waals surface area contributed by atoms with Crippen LogP contribution in [0.15, 0.2) is 11.3 Å². The number of hydrogen-bond donors (Lipinski definition) is 2. The SMILES string of the molecule is CCCCNC(CC)=C(C)C(=O)O. The van der Waals surface area contributed by atoms with Gasteiger partial charge in [-0.3, -0.25) is 0 Å². The van der Waals surface area contributed by atoms with E-state index in [0.717, 1.165) is 31.5 Å². The summed E-state index contributed by atoms with van der Waals surface area (Å²) in [6, 6.07) is 0. The van der Waals surface area contributed by atoms with Gasteiger partial charge in [0.25, 0.3) is 0 Å². The summed E-state index contributed by atoms with van der Waals surface area (Å²) in [6.07, 6.45) is 2.95. The number of rotatable bonds is 6. The molecule has 0 atom stereocenters. The minimum atomic E-state index is -0.833. The van der Waals surface area contributed by atoms with Crippen molar-refractivity contribution >= 4 is 5.97 Å². The molecular formula is C10H19NO2. The zero-order chi connectivity index (χ0) is 10.3. The highest BCUT2D eigenvalue weighted by Gasteiger charge is 2.06. The molecule has 0 aromatic carbocycles. The van der Waals surface area contributed by atoms with Crippen molar-refractivity contribution in [3.63, 3.8) is 0 Å². The number of allylic oxidation sites excluding steroid dienone is 1. The van der Waals surface area contributed by atoms with Crippen molar-refractivity contribution in [1.29, 1.82) is 0 Å². The van der Waals surface area contributed by atoms with Gasteiger partial charge in [0, 0.05) is 12.2 Å². The van der Waals surface area contributed by atoms with Gasteiger partial charge in [-0.2, -0.15) is 0 Å². The van der Waals surface area contributed by atoms with Crippen LogP contribution in [0.3, 0.4) is 0 Å². The first-order chi connectivity index (χ1) is 6.13. The van der Waals surface area contributed by atoms with Crippen LogP contribution in [0, 0.1) is 0 Å². The summed E-state index contributed by atoms with van der Waals surface area (Å²) in [6.45, 7) is 6.58. The zero-order valence-corrected chi connectivity index (χ0v) is 8.68. The van der Waals surface area contributed by atoms with E-state index < -0.39 is 5.97 Å². The Morgan fingerprint density at radius 2 is 2.00 bits per heavy atom. The Balaban J connectivity index is 4.15. The van der Waals surface area contributed by atoms with Gasteiger partial charge in [0.1, 0.15) is 0 Å². The molecule has 76 valence electrons. The maximum absolute atomic E-state index is 10.6. The molecule has 13 heavy (non-hydrogen) atoms. The smallest absolute Gasteiger partial charge is 0.333 e. The second kappa shape index (κ2) is 6.52. The number of aliphatic carboxylic acids is 1. The van der Waals surface area contributed by atoms with Crippen LogP contribution in [0.4, 0.5) is 0 Å². The summed E-state index contributed by atoms with van der Waals surface area (Å²) in [7, 11) is 0. The van der Waals surface area contributed by atoms with Crippen molar-refractivity contribution in [3.05, 3.63) is 11.3 Å². The second-order valence-corrected chi connectivity index (χ2v) is 3.04. The number of nitrogens with one attached hydrogen (secondary N) is 1. The average molecular weight is 185 g/mol. The molecular weight excluding hydrogens is 166 g/mol. The Bertz CT molecular complexity index is 197. The molecule has 2 N–H and O–H groups in total.